The van der Waals surface area contributed by atoms with E-state index in [1.54, 1.807) is 6.07 Å². The molecule has 1 fully saturated rings. The Morgan fingerprint density at radius 2 is 2.16 bits per heavy atom. The van der Waals surface area contributed by atoms with Crippen molar-refractivity contribution in [3.05, 3.63) is 29.6 Å². The van der Waals surface area contributed by atoms with Gasteiger partial charge in [0.25, 0.3) is 0 Å². The summed E-state index contributed by atoms with van der Waals surface area (Å²) in [5.41, 5.74) is 1.92. The van der Waals surface area contributed by atoms with Crippen LogP contribution in [-0.2, 0) is 6.42 Å². The molecule has 1 aliphatic rings. The maximum absolute atomic E-state index is 11.3. The van der Waals surface area contributed by atoms with E-state index >= 15 is 0 Å². The Balaban J connectivity index is 2.24. The maximum atomic E-state index is 11.3. The van der Waals surface area contributed by atoms with Gasteiger partial charge in [0.15, 0.2) is 0 Å². The van der Waals surface area contributed by atoms with Crippen molar-refractivity contribution in [2.24, 2.45) is 0 Å². The van der Waals surface area contributed by atoms with Crippen molar-refractivity contribution in [1.29, 1.82) is 0 Å². The van der Waals surface area contributed by atoms with E-state index in [9.17, 15) is 9.90 Å². The third-order valence-electron chi connectivity index (χ3n) is 4.03. The van der Waals surface area contributed by atoms with Gasteiger partial charge in [-0.25, -0.2) is 9.78 Å². The Morgan fingerprint density at radius 1 is 1.42 bits per heavy atom. The first-order valence-electron chi connectivity index (χ1n) is 6.95. The summed E-state index contributed by atoms with van der Waals surface area (Å²) in [6.45, 7) is 2.08. The number of imidazole rings is 1. The standard InChI is InChI=1S/C15H18N2O2/c1-2-13-16-14-11(15(18)19)8-5-9-12(14)17(13)10-6-3-4-7-10/h5,8-10H,2-4,6-7H2,1H3,(H,18,19). The van der Waals surface area contributed by atoms with Crippen molar-refractivity contribution < 1.29 is 9.90 Å². The average molecular weight is 258 g/mol. The number of aryl methyl sites for hydroxylation is 1. The number of hydrogen-bond donors (Lipinski definition) is 1. The minimum Gasteiger partial charge on any atom is -0.478 e. The van der Waals surface area contributed by atoms with Crippen molar-refractivity contribution >= 4 is 17.0 Å². The summed E-state index contributed by atoms with van der Waals surface area (Å²) in [5.74, 6) is 0.111. The highest BCUT2D eigenvalue weighted by atomic mass is 16.4. The Morgan fingerprint density at radius 3 is 2.79 bits per heavy atom. The fraction of sp³-hybridized carbons (Fsp3) is 0.467. The Bertz CT molecular complexity index is 624. The predicted octanol–water partition coefficient (Wildman–Crippen LogP) is 3.41. The molecular weight excluding hydrogens is 240 g/mol. The molecule has 100 valence electrons. The lowest BCUT2D eigenvalue weighted by molar-refractivity contribution is 0.0699. The second-order valence-corrected chi connectivity index (χ2v) is 5.17. The van der Waals surface area contributed by atoms with Gasteiger partial charge in [-0.2, -0.15) is 0 Å². The fourth-order valence-electron chi connectivity index (χ4n) is 3.16. The van der Waals surface area contributed by atoms with E-state index < -0.39 is 5.97 Å². The molecule has 1 aromatic heterocycles. The molecule has 0 spiro atoms. The Kier molecular flexibility index (Phi) is 3.01. The van der Waals surface area contributed by atoms with Gasteiger partial charge in [0.05, 0.1) is 11.1 Å². The zero-order chi connectivity index (χ0) is 13.4. The fourth-order valence-corrected chi connectivity index (χ4v) is 3.16. The van der Waals surface area contributed by atoms with Crippen molar-refractivity contribution in [2.75, 3.05) is 0 Å². The van der Waals surface area contributed by atoms with Crippen LogP contribution in [-0.4, -0.2) is 20.6 Å². The number of aromatic carboxylic acids is 1. The Labute approximate surface area is 112 Å². The molecule has 0 amide bonds. The van der Waals surface area contributed by atoms with Crippen LogP contribution in [0.2, 0.25) is 0 Å². The number of fused-ring (bicyclic) bond motifs is 1. The molecule has 1 saturated carbocycles. The van der Waals surface area contributed by atoms with E-state index in [1.807, 2.05) is 12.1 Å². The molecule has 4 nitrogen and oxygen atoms in total. The van der Waals surface area contributed by atoms with Crippen LogP contribution in [0.25, 0.3) is 11.0 Å². The van der Waals surface area contributed by atoms with Crippen LogP contribution in [0.3, 0.4) is 0 Å². The summed E-state index contributed by atoms with van der Waals surface area (Å²) in [6.07, 6.45) is 5.70. The van der Waals surface area contributed by atoms with Crippen molar-refractivity contribution in [3.63, 3.8) is 0 Å². The average Bonchev–Trinajstić information content (AvgIpc) is 3.03. The molecule has 19 heavy (non-hydrogen) atoms. The van der Waals surface area contributed by atoms with Gasteiger partial charge in [0, 0.05) is 12.5 Å². The minimum atomic E-state index is -0.899. The number of carboxylic acid groups (broad SMARTS) is 1. The molecule has 0 bridgehead atoms. The molecule has 4 heteroatoms. The van der Waals surface area contributed by atoms with Gasteiger partial charge < -0.3 is 9.67 Å². The molecule has 0 aliphatic heterocycles. The van der Waals surface area contributed by atoms with Gasteiger partial charge >= 0.3 is 5.97 Å². The van der Waals surface area contributed by atoms with E-state index in [1.165, 1.54) is 25.7 Å². The third-order valence-corrected chi connectivity index (χ3v) is 4.03. The summed E-state index contributed by atoms with van der Waals surface area (Å²) in [7, 11) is 0. The van der Waals surface area contributed by atoms with Crippen LogP contribution in [0, 0.1) is 0 Å². The van der Waals surface area contributed by atoms with Gasteiger partial charge in [-0.3, -0.25) is 0 Å². The van der Waals surface area contributed by atoms with E-state index in [4.69, 9.17) is 0 Å². The Hall–Kier alpha value is -1.84. The topological polar surface area (TPSA) is 55.1 Å². The lowest BCUT2D eigenvalue weighted by Gasteiger charge is -2.15. The number of benzene rings is 1. The van der Waals surface area contributed by atoms with Crippen molar-refractivity contribution in [3.8, 4) is 0 Å². The molecule has 0 atom stereocenters. The van der Waals surface area contributed by atoms with Crippen molar-refractivity contribution in [2.45, 2.75) is 45.1 Å². The first-order chi connectivity index (χ1) is 9.22. The van der Waals surface area contributed by atoms with Gasteiger partial charge in [-0.15, -0.1) is 0 Å². The number of carbonyl (C=O) groups is 1. The van der Waals surface area contributed by atoms with Gasteiger partial charge in [-0.1, -0.05) is 25.8 Å². The highest BCUT2D eigenvalue weighted by molar-refractivity contribution is 6.01. The molecule has 0 saturated heterocycles. The molecule has 0 radical (unpaired) electrons. The van der Waals surface area contributed by atoms with Gasteiger partial charge in [-0.05, 0) is 25.0 Å². The quantitative estimate of drug-likeness (QED) is 0.917. The summed E-state index contributed by atoms with van der Waals surface area (Å²) in [4.78, 5) is 15.9. The zero-order valence-corrected chi connectivity index (χ0v) is 11.1. The lowest BCUT2D eigenvalue weighted by atomic mass is 10.1. The summed E-state index contributed by atoms with van der Waals surface area (Å²) in [5, 5.41) is 9.27. The summed E-state index contributed by atoms with van der Waals surface area (Å²) in [6, 6.07) is 5.93. The highest BCUT2D eigenvalue weighted by Gasteiger charge is 2.23. The minimum absolute atomic E-state index is 0.309. The number of para-hydroxylation sites is 1. The molecule has 1 aliphatic carbocycles. The number of rotatable bonds is 3. The van der Waals surface area contributed by atoms with E-state index in [0.29, 0.717) is 17.1 Å². The first-order valence-corrected chi connectivity index (χ1v) is 6.95. The van der Waals surface area contributed by atoms with Crippen LogP contribution in [0.1, 0.15) is 54.8 Å². The zero-order valence-electron chi connectivity index (χ0n) is 11.1. The number of hydrogen-bond acceptors (Lipinski definition) is 2. The summed E-state index contributed by atoms with van der Waals surface area (Å²) >= 11 is 0. The SMILES string of the molecule is CCc1nc2c(C(=O)O)cccc2n1C1CCCC1. The molecule has 3 rings (SSSR count). The predicted molar refractivity (Wildman–Crippen MR) is 73.6 cm³/mol. The lowest BCUT2D eigenvalue weighted by Crippen LogP contribution is -2.08. The second-order valence-electron chi connectivity index (χ2n) is 5.17. The molecule has 1 aromatic carbocycles. The third kappa shape index (κ3) is 1.91. The van der Waals surface area contributed by atoms with Crippen LogP contribution in [0.5, 0.6) is 0 Å². The number of nitrogens with zero attached hydrogens (tertiary/aromatic N) is 2. The second kappa shape index (κ2) is 4.68. The van der Waals surface area contributed by atoms with E-state index in [-0.39, 0.29) is 0 Å². The van der Waals surface area contributed by atoms with Crippen LogP contribution < -0.4 is 0 Å². The van der Waals surface area contributed by atoms with Crippen LogP contribution >= 0.6 is 0 Å². The van der Waals surface area contributed by atoms with Crippen LogP contribution in [0.4, 0.5) is 0 Å². The number of carboxylic acids is 1. The number of aromatic nitrogens is 2. The largest absolute Gasteiger partial charge is 0.478 e. The van der Waals surface area contributed by atoms with E-state index in [2.05, 4.69) is 16.5 Å². The monoisotopic (exact) mass is 258 g/mol. The maximum Gasteiger partial charge on any atom is 0.337 e. The molecule has 1 N–H and O–H groups in total. The molecular formula is C15H18N2O2. The van der Waals surface area contributed by atoms with Crippen LogP contribution in [0.15, 0.2) is 18.2 Å². The first kappa shape index (κ1) is 12.2. The molecule has 1 heterocycles. The van der Waals surface area contributed by atoms with Gasteiger partial charge in [0.1, 0.15) is 11.3 Å². The van der Waals surface area contributed by atoms with E-state index in [0.717, 1.165) is 17.8 Å². The molecule has 2 aromatic rings. The highest BCUT2D eigenvalue weighted by Crippen LogP contribution is 2.34. The smallest absolute Gasteiger partial charge is 0.337 e. The summed E-state index contributed by atoms with van der Waals surface area (Å²) < 4.78 is 2.27. The van der Waals surface area contributed by atoms with Gasteiger partial charge in [0.2, 0.25) is 0 Å². The van der Waals surface area contributed by atoms with Crippen molar-refractivity contribution in [1.82, 2.24) is 9.55 Å². The molecule has 0 unspecified atom stereocenters. The normalized spacial score (nSPS) is 16.3.